The summed E-state index contributed by atoms with van der Waals surface area (Å²) in [6, 6.07) is 6.02. The molecule has 2 aromatic rings. The van der Waals surface area contributed by atoms with Crippen LogP contribution in [-0.4, -0.2) is 36.5 Å². The zero-order valence-corrected chi connectivity index (χ0v) is 12.4. The van der Waals surface area contributed by atoms with Gasteiger partial charge in [-0.15, -0.1) is 0 Å². The molecule has 6 heteroatoms. The second-order valence-corrected chi connectivity index (χ2v) is 5.94. The standard InChI is InChI=1S/C16H19N3O3/c17-10-16(4-7-20-8-5-16)15-18-14(19-22-15)12-1-2-13-11(9-12)3-6-21-13/h1-2,9H,3-8,10,17H2. The van der Waals surface area contributed by atoms with Crippen LogP contribution in [0.25, 0.3) is 11.4 Å². The Morgan fingerprint density at radius 1 is 1.18 bits per heavy atom. The second-order valence-electron chi connectivity index (χ2n) is 5.94. The van der Waals surface area contributed by atoms with Crippen molar-refractivity contribution in [1.82, 2.24) is 10.1 Å². The Morgan fingerprint density at radius 3 is 2.86 bits per heavy atom. The molecule has 0 unspecified atom stereocenters. The molecule has 6 nitrogen and oxygen atoms in total. The predicted octanol–water partition coefficient (Wildman–Crippen LogP) is 1.68. The Hall–Kier alpha value is -1.92. The van der Waals surface area contributed by atoms with Gasteiger partial charge in [0.15, 0.2) is 0 Å². The summed E-state index contributed by atoms with van der Waals surface area (Å²) < 4.78 is 16.5. The molecule has 3 heterocycles. The molecule has 1 aromatic heterocycles. The molecule has 116 valence electrons. The summed E-state index contributed by atoms with van der Waals surface area (Å²) in [6.45, 7) is 2.61. The third-order valence-corrected chi connectivity index (χ3v) is 4.67. The average Bonchev–Trinajstić information content (AvgIpc) is 3.24. The van der Waals surface area contributed by atoms with E-state index in [1.54, 1.807) is 0 Å². The van der Waals surface area contributed by atoms with E-state index in [1.165, 1.54) is 5.56 Å². The summed E-state index contributed by atoms with van der Waals surface area (Å²) in [5.41, 5.74) is 7.90. The molecular weight excluding hydrogens is 282 g/mol. The van der Waals surface area contributed by atoms with E-state index in [1.807, 2.05) is 12.1 Å². The zero-order chi connectivity index (χ0) is 15.0. The molecule has 2 aliphatic heterocycles. The number of rotatable bonds is 3. The van der Waals surface area contributed by atoms with Crippen LogP contribution in [0.5, 0.6) is 5.75 Å². The Kier molecular flexibility index (Phi) is 3.35. The van der Waals surface area contributed by atoms with E-state index in [-0.39, 0.29) is 5.41 Å². The number of hydrogen-bond acceptors (Lipinski definition) is 6. The van der Waals surface area contributed by atoms with Gasteiger partial charge in [-0.05, 0) is 36.6 Å². The van der Waals surface area contributed by atoms with Gasteiger partial charge in [-0.1, -0.05) is 5.16 Å². The van der Waals surface area contributed by atoms with Crippen molar-refractivity contribution in [2.24, 2.45) is 5.73 Å². The first-order valence-corrected chi connectivity index (χ1v) is 7.69. The Balaban J connectivity index is 1.66. The van der Waals surface area contributed by atoms with Crippen LogP contribution in [0.3, 0.4) is 0 Å². The lowest BCUT2D eigenvalue weighted by Gasteiger charge is -2.32. The molecule has 0 saturated carbocycles. The zero-order valence-electron chi connectivity index (χ0n) is 12.4. The maximum absolute atomic E-state index is 5.99. The summed E-state index contributed by atoms with van der Waals surface area (Å²) in [5.74, 6) is 2.20. The van der Waals surface area contributed by atoms with Crippen LogP contribution >= 0.6 is 0 Å². The minimum Gasteiger partial charge on any atom is -0.493 e. The van der Waals surface area contributed by atoms with Crippen LogP contribution < -0.4 is 10.5 Å². The maximum Gasteiger partial charge on any atom is 0.234 e. The first-order valence-electron chi connectivity index (χ1n) is 7.69. The molecule has 1 fully saturated rings. The van der Waals surface area contributed by atoms with Crippen LogP contribution in [0.15, 0.2) is 22.7 Å². The molecule has 22 heavy (non-hydrogen) atoms. The number of nitrogens with two attached hydrogens (primary N) is 1. The fourth-order valence-corrected chi connectivity index (χ4v) is 3.15. The minimum atomic E-state index is -0.247. The van der Waals surface area contributed by atoms with E-state index in [9.17, 15) is 0 Å². The van der Waals surface area contributed by atoms with E-state index in [2.05, 4.69) is 16.2 Å². The van der Waals surface area contributed by atoms with E-state index in [0.717, 1.165) is 37.2 Å². The lowest BCUT2D eigenvalue weighted by Crippen LogP contribution is -2.40. The smallest absolute Gasteiger partial charge is 0.234 e. The Labute approximate surface area is 128 Å². The Bertz CT molecular complexity index is 677. The molecule has 0 radical (unpaired) electrons. The number of aromatic nitrogens is 2. The highest BCUT2D eigenvalue weighted by molar-refractivity contribution is 5.59. The molecule has 0 atom stereocenters. The van der Waals surface area contributed by atoms with E-state index >= 15 is 0 Å². The van der Waals surface area contributed by atoms with Gasteiger partial charge in [0.2, 0.25) is 11.7 Å². The van der Waals surface area contributed by atoms with E-state index in [0.29, 0.717) is 31.5 Å². The lowest BCUT2D eigenvalue weighted by atomic mass is 9.80. The van der Waals surface area contributed by atoms with Crippen LogP contribution in [-0.2, 0) is 16.6 Å². The largest absolute Gasteiger partial charge is 0.493 e. The summed E-state index contributed by atoms with van der Waals surface area (Å²) in [5, 5.41) is 4.16. The normalized spacial score (nSPS) is 19.7. The molecule has 1 aromatic carbocycles. The summed E-state index contributed by atoms with van der Waals surface area (Å²) >= 11 is 0. The molecule has 0 aliphatic carbocycles. The molecule has 0 bridgehead atoms. The highest BCUT2D eigenvalue weighted by Crippen LogP contribution is 2.35. The van der Waals surface area contributed by atoms with E-state index in [4.69, 9.17) is 19.7 Å². The fraction of sp³-hybridized carbons (Fsp3) is 0.500. The van der Waals surface area contributed by atoms with Gasteiger partial charge in [0, 0.05) is 31.7 Å². The van der Waals surface area contributed by atoms with Gasteiger partial charge in [-0.2, -0.15) is 4.98 Å². The highest BCUT2D eigenvalue weighted by atomic mass is 16.5. The number of hydrogen-bond donors (Lipinski definition) is 1. The van der Waals surface area contributed by atoms with Crippen LogP contribution in [0, 0.1) is 0 Å². The van der Waals surface area contributed by atoms with E-state index < -0.39 is 0 Å². The molecule has 0 spiro atoms. The molecular formula is C16H19N3O3. The maximum atomic E-state index is 5.99. The predicted molar refractivity (Wildman–Crippen MR) is 79.7 cm³/mol. The third kappa shape index (κ3) is 2.19. The third-order valence-electron chi connectivity index (χ3n) is 4.67. The average molecular weight is 301 g/mol. The fourth-order valence-electron chi connectivity index (χ4n) is 3.15. The van der Waals surface area contributed by atoms with Gasteiger partial charge in [0.1, 0.15) is 5.75 Å². The van der Waals surface area contributed by atoms with Gasteiger partial charge in [0.05, 0.1) is 12.0 Å². The van der Waals surface area contributed by atoms with Crippen LogP contribution in [0.1, 0.15) is 24.3 Å². The summed E-state index contributed by atoms with van der Waals surface area (Å²) in [4.78, 5) is 4.62. The van der Waals surface area contributed by atoms with Crippen LogP contribution in [0.2, 0.25) is 0 Å². The van der Waals surface area contributed by atoms with Crippen molar-refractivity contribution in [2.75, 3.05) is 26.4 Å². The van der Waals surface area contributed by atoms with Crippen molar-refractivity contribution >= 4 is 0 Å². The molecule has 0 amide bonds. The first kappa shape index (κ1) is 13.7. The van der Waals surface area contributed by atoms with Crippen molar-refractivity contribution in [3.05, 3.63) is 29.7 Å². The van der Waals surface area contributed by atoms with Gasteiger partial charge in [-0.25, -0.2) is 0 Å². The first-order chi connectivity index (χ1) is 10.8. The summed E-state index contributed by atoms with van der Waals surface area (Å²) in [6.07, 6.45) is 2.57. The quantitative estimate of drug-likeness (QED) is 0.928. The van der Waals surface area contributed by atoms with Gasteiger partial charge in [0.25, 0.3) is 0 Å². The number of fused-ring (bicyclic) bond motifs is 1. The second kappa shape index (κ2) is 5.37. The summed E-state index contributed by atoms with van der Waals surface area (Å²) in [7, 11) is 0. The van der Waals surface area contributed by atoms with Gasteiger partial charge in [-0.3, -0.25) is 0 Å². The number of nitrogens with zero attached hydrogens (tertiary/aromatic N) is 2. The van der Waals surface area contributed by atoms with Crippen molar-refractivity contribution in [1.29, 1.82) is 0 Å². The number of ether oxygens (including phenoxy) is 2. The molecule has 2 N–H and O–H groups in total. The van der Waals surface area contributed by atoms with Gasteiger partial charge >= 0.3 is 0 Å². The minimum absolute atomic E-state index is 0.247. The topological polar surface area (TPSA) is 83.4 Å². The molecule has 1 saturated heterocycles. The van der Waals surface area contributed by atoms with Crippen molar-refractivity contribution in [3.8, 4) is 17.1 Å². The van der Waals surface area contributed by atoms with Crippen molar-refractivity contribution in [3.63, 3.8) is 0 Å². The molecule has 4 rings (SSSR count). The Morgan fingerprint density at radius 2 is 2.05 bits per heavy atom. The van der Waals surface area contributed by atoms with Crippen LogP contribution in [0.4, 0.5) is 0 Å². The van der Waals surface area contributed by atoms with Crippen molar-refractivity contribution < 1.29 is 14.0 Å². The lowest BCUT2D eigenvalue weighted by molar-refractivity contribution is 0.0409. The number of benzene rings is 1. The van der Waals surface area contributed by atoms with Gasteiger partial charge < -0.3 is 19.7 Å². The monoisotopic (exact) mass is 301 g/mol. The highest BCUT2D eigenvalue weighted by Gasteiger charge is 2.38. The SMILES string of the molecule is NCC1(c2nc(-c3ccc4c(c3)CCO4)no2)CCOCC1. The molecule has 2 aliphatic rings. The van der Waals surface area contributed by atoms with Crippen molar-refractivity contribution in [2.45, 2.75) is 24.7 Å².